The number of ether oxygens (including phenoxy) is 1. The number of aromatic nitrogens is 1. The Bertz CT molecular complexity index is 1200. The lowest BCUT2D eigenvalue weighted by Crippen LogP contribution is -2.05. The van der Waals surface area contributed by atoms with Crippen LogP contribution in [0.5, 0.6) is 5.75 Å². The number of carboxylic acids is 1. The minimum atomic E-state index is -0.848. The molecule has 148 valence electrons. The summed E-state index contributed by atoms with van der Waals surface area (Å²) in [6.45, 7) is 0.333. The largest absolute Gasteiger partial charge is 0.489 e. The van der Waals surface area contributed by atoms with Gasteiger partial charge in [0, 0.05) is 5.39 Å². The molecular formula is C26H21NO3. The van der Waals surface area contributed by atoms with Crippen LogP contribution in [0.15, 0.2) is 84.9 Å². The standard InChI is InChI=1S/C26H21NO3/c28-26(29)17-21-6-1-2-7-22(21)18-30-24-15-10-19(11-16-24)9-13-23-14-12-20-5-3-4-8-25(20)27-23/h1-16H,17-18H2,(H,28,29). The molecule has 0 amide bonds. The molecule has 1 aromatic heterocycles. The lowest BCUT2D eigenvalue weighted by molar-refractivity contribution is -0.136. The molecule has 0 bridgehead atoms. The number of pyridine rings is 1. The number of rotatable bonds is 7. The lowest BCUT2D eigenvalue weighted by Gasteiger charge is -2.10. The molecule has 4 nitrogen and oxygen atoms in total. The van der Waals surface area contributed by atoms with Crippen LogP contribution in [0.2, 0.25) is 0 Å². The van der Waals surface area contributed by atoms with Crippen LogP contribution in [0.25, 0.3) is 23.1 Å². The van der Waals surface area contributed by atoms with Crippen molar-refractivity contribution in [3.63, 3.8) is 0 Å². The Kier molecular flexibility index (Phi) is 5.85. The van der Waals surface area contributed by atoms with E-state index >= 15 is 0 Å². The van der Waals surface area contributed by atoms with E-state index in [1.54, 1.807) is 0 Å². The molecule has 0 atom stereocenters. The summed E-state index contributed by atoms with van der Waals surface area (Å²) in [7, 11) is 0. The predicted octanol–water partition coefficient (Wildman–Crippen LogP) is 5.61. The SMILES string of the molecule is O=C(O)Cc1ccccc1COc1ccc(C=Cc2ccc3ccccc3n2)cc1. The van der Waals surface area contributed by atoms with Gasteiger partial charge in [0.2, 0.25) is 0 Å². The van der Waals surface area contributed by atoms with Crippen LogP contribution in [0.3, 0.4) is 0 Å². The highest BCUT2D eigenvalue weighted by atomic mass is 16.5. The van der Waals surface area contributed by atoms with Crippen molar-refractivity contribution in [3.8, 4) is 5.75 Å². The first-order chi connectivity index (χ1) is 14.7. The molecule has 4 aromatic rings. The zero-order valence-electron chi connectivity index (χ0n) is 16.4. The molecule has 30 heavy (non-hydrogen) atoms. The first-order valence-electron chi connectivity index (χ1n) is 9.73. The highest BCUT2D eigenvalue weighted by Crippen LogP contribution is 2.18. The molecule has 0 unspecified atom stereocenters. The number of carboxylic acid groups (broad SMARTS) is 1. The van der Waals surface area contributed by atoms with Crippen molar-refractivity contribution in [2.75, 3.05) is 0 Å². The molecule has 0 aliphatic carbocycles. The van der Waals surface area contributed by atoms with Gasteiger partial charge in [-0.3, -0.25) is 4.79 Å². The summed E-state index contributed by atoms with van der Waals surface area (Å²) in [5.41, 5.74) is 4.58. The van der Waals surface area contributed by atoms with Crippen molar-refractivity contribution >= 4 is 29.0 Å². The molecule has 0 saturated carbocycles. The molecule has 4 heteroatoms. The fraction of sp³-hybridized carbons (Fsp3) is 0.0769. The van der Waals surface area contributed by atoms with E-state index in [0.717, 1.165) is 39.0 Å². The van der Waals surface area contributed by atoms with Gasteiger partial charge in [-0.25, -0.2) is 4.98 Å². The average Bonchev–Trinajstić information content (AvgIpc) is 2.77. The van der Waals surface area contributed by atoms with Gasteiger partial charge in [0.25, 0.3) is 0 Å². The van der Waals surface area contributed by atoms with Crippen molar-refractivity contribution in [2.24, 2.45) is 0 Å². The van der Waals surface area contributed by atoms with Gasteiger partial charge in [0.15, 0.2) is 0 Å². The Balaban J connectivity index is 1.40. The van der Waals surface area contributed by atoms with Gasteiger partial charge >= 0.3 is 5.97 Å². The molecule has 0 radical (unpaired) electrons. The summed E-state index contributed by atoms with van der Waals surface area (Å²) in [6, 6.07) is 27.4. The number of fused-ring (bicyclic) bond motifs is 1. The first kappa shape index (κ1) is 19.4. The molecule has 3 aromatic carbocycles. The second-order valence-electron chi connectivity index (χ2n) is 6.96. The second kappa shape index (κ2) is 9.05. The van der Waals surface area contributed by atoms with E-state index in [1.807, 2.05) is 84.9 Å². The average molecular weight is 395 g/mol. The van der Waals surface area contributed by atoms with Gasteiger partial charge in [-0.2, -0.15) is 0 Å². The van der Waals surface area contributed by atoms with Crippen LogP contribution in [0.1, 0.15) is 22.4 Å². The van der Waals surface area contributed by atoms with Gasteiger partial charge in [-0.15, -0.1) is 0 Å². The zero-order valence-corrected chi connectivity index (χ0v) is 16.4. The van der Waals surface area contributed by atoms with Crippen molar-refractivity contribution in [2.45, 2.75) is 13.0 Å². The second-order valence-corrected chi connectivity index (χ2v) is 6.96. The highest BCUT2D eigenvalue weighted by molar-refractivity contribution is 5.80. The third-order valence-electron chi connectivity index (χ3n) is 4.80. The molecular weight excluding hydrogens is 374 g/mol. The highest BCUT2D eigenvalue weighted by Gasteiger charge is 2.07. The third-order valence-corrected chi connectivity index (χ3v) is 4.80. The minimum Gasteiger partial charge on any atom is -0.489 e. The van der Waals surface area contributed by atoms with Crippen LogP contribution >= 0.6 is 0 Å². The van der Waals surface area contributed by atoms with Crippen LogP contribution in [0, 0.1) is 0 Å². The maximum Gasteiger partial charge on any atom is 0.307 e. The van der Waals surface area contributed by atoms with Gasteiger partial charge < -0.3 is 9.84 Å². The number of aliphatic carboxylic acids is 1. The van der Waals surface area contributed by atoms with Crippen LogP contribution < -0.4 is 4.74 Å². The van der Waals surface area contributed by atoms with Gasteiger partial charge in [0.1, 0.15) is 12.4 Å². The number of nitrogens with zero attached hydrogens (tertiary/aromatic N) is 1. The van der Waals surface area contributed by atoms with E-state index in [4.69, 9.17) is 9.84 Å². The Labute approximate surface area is 175 Å². The Hall–Kier alpha value is -3.92. The number of benzene rings is 3. The Morgan fingerprint density at radius 1 is 0.833 bits per heavy atom. The molecule has 0 spiro atoms. The lowest BCUT2D eigenvalue weighted by atomic mass is 10.1. The fourth-order valence-corrected chi connectivity index (χ4v) is 3.23. The first-order valence-corrected chi connectivity index (χ1v) is 9.73. The maximum absolute atomic E-state index is 11.0. The molecule has 4 rings (SSSR count). The number of hydrogen-bond acceptors (Lipinski definition) is 3. The molecule has 0 aliphatic heterocycles. The molecule has 1 heterocycles. The van der Waals surface area contributed by atoms with E-state index in [-0.39, 0.29) is 6.42 Å². The topological polar surface area (TPSA) is 59.4 Å². The number of hydrogen-bond donors (Lipinski definition) is 1. The van der Waals surface area contributed by atoms with Crippen LogP contribution in [-0.4, -0.2) is 16.1 Å². The number of carbonyl (C=O) groups is 1. The summed E-state index contributed by atoms with van der Waals surface area (Å²) >= 11 is 0. The third kappa shape index (κ3) is 4.92. The van der Waals surface area contributed by atoms with E-state index < -0.39 is 5.97 Å². The van der Waals surface area contributed by atoms with Crippen LogP contribution in [0.4, 0.5) is 0 Å². The summed E-state index contributed by atoms with van der Waals surface area (Å²) in [6.07, 6.45) is 4.00. The zero-order chi connectivity index (χ0) is 20.8. The summed E-state index contributed by atoms with van der Waals surface area (Å²) in [4.78, 5) is 15.7. The van der Waals surface area contributed by atoms with E-state index in [9.17, 15) is 4.79 Å². The van der Waals surface area contributed by atoms with Gasteiger partial charge in [0.05, 0.1) is 17.6 Å². The van der Waals surface area contributed by atoms with Crippen molar-refractivity contribution in [1.29, 1.82) is 0 Å². The van der Waals surface area contributed by atoms with E-state index in [1.165, 1.54) is 0 Å². The van der Waals surface area contributed by atoms with E-state index in [2.05, 4.69) is 17.1 Å². The molecule has 0 saturated heterocycles. The fourth-order valence-electron chi connectivity index (χ4n) is 3.23. The quantitative estimate of drug-likeness (QED) is 0.442. The minimum absolute atomic E-state index is 0.00786. The Morgan fingerprint density at radius 2 is 1.57 bits per heavy atom. The predicted molar refractivity (Wildman–Crippen MR) is 119 cm³/mol. The van der Waals surface area contributed by atoms with Gasteiger partial charge in [-0.05, 0) is 47.0 Å². The van der Waals surface area contributed by atoms with Crippen molar-refractivity contribution in [3.05, 3.63) is 107 Å². The normalized spacial score (nSPS) is 11.1. The molecule has 0 fully saturated rings. The Morgan fingerprint density at radius 3 is 2.37 bits per heavy atom. The maximum atomic E-state index is 11.0. The molecule has 0 aliphatic rings. The van der Waals surface area contributed by atoms with Crippen LogP contribution in [-0.2, 0) is 17.8 Å². The smallest absolute Gasteiger partial charge is 0.307 e. The number of para-hydroxylation sites is 1. The van der Waals surface area contributed by atoms with Gasteiger partial charge in [-0.1, -0.05) is 66.7 Å². The summed E-state index contributed by atoms with van der Waals surface area (Å²) in [5, 5.41) is 10.2. The molecule has 1 N–H and O–H groups in total. The van der Waals surface area contributed by atoms with E-state index in [0.29, 0.717) is 6.61 Å². The van der Waals surface area contributed by atoms with Crippen molar-refractivity contribution in [1.82, 2.24) is 4.98 Å². The monoisotopic (exact) mass is 395 g/mol. The summed E-state index contributed by atoms with van der Waals surface area (Å²) in [5.74, 6) is -0.111. The summed E-state index contributed by atoms with van der Waals surface area (Å²) < 4.78 is 5.85. The van der Waals surface area contributed by atoms with Crippen molar-refractivity contribution < 1.29 is 14.6 Å².